The van der Waals surface area contributed by atoms with Gasteiger partial charge in [0.2, 0.25) is 0 Å². The predicted molar refractivity (Wildman–Crippen MR) is 104 cm³/mol. The molecule has 0 atom stereocenters. The van der Waals surface area contributed by atoms with E-state index in [1.165, 1.54) is 29.3 Å². The van der Waals surface area contributed by atoms with E-state index in [1.54, 1.807) is 6.07 Å². The van der Waals surface area contributed by atoms with Crippen LogP contribution in [0.25, 0.3) is 11.1 Å². The van der Waals surface area contributed by atoms with Gasteiger partial charge in [0.25, 0.3) is 21.8 Å². The number of anilines is 1. The van der Waals surface area contributed by atoms with Gasteiger partial charge in [0.05, 0.1) is 16.0 Å². The number of imide groups is 1. The van der Waals surface area contributed by atoms with Crippen molar-refractivity contribution in [3.8, 4) is 11.1 Å². The van der Waals surface area contributed by atoms with Gasteiger partial charge in [0, 0.05) is 5.69 Å². The van der Waals surface area contributed by atoms with Crippen LogP contribution in [0.15, 0.2) is 65.6 Å². The molecule has 3 aromatic rings. The van der Waals surface area contributed by atoms with Gasteiger partial charge in [-0.25, -0.2) is 8.42 Å². The molecule has 0 unspecified atom stereocenters. The van der Waals surface area contributed by atoms with E-state index in [2.05, 4.69) is 22.2 Å². The lowest BCUT2D eigenvalue weighted by molar-refractivity contribution is 0.0879. The zero-order valence-electron chi connectivity index (χ0n) is 14.5. The van der Waals surface area contributed by atoms with Crippen molar-refractivity contribution in [2.45, 2.75) is 11.3 Å². The molecule has 1 heterocycles. The Morgan fingerprint density at radius 3 is 2.32 bits per heavy atom. The molecule has 6 nitrogen and oxygen atoms in total. The summed E-state index contributed by atoms with van der Waals surface area (Å²) in [6, 6.07) is 17.5. The molecular formula is C21H14N2O4S. The van der Waals surface area contributed by atoms with Crippen LogP contribution in [0.5, 0.6) is 0 Å². The molecule has 2 N–H and O–H groups in total. The minimum Gasteiger partial charge on any atom is -0.288 e. The Morgan fingerprint density at radius 1 is 0.750 bits per heavy atom. The number of amides is 2. The lowest BCUT2D eigenvalue weighted by atomic mass is 10.1. The third kappa shape index (κ3) is 2.51. The van der Waals surface area contributed by atoms with Crippen LogP contribution in [0, 0.1) is 0 Å². The van der Waals surface area contributed by atoms with E-state index >= 15 is 0 Å². The minimum atomic E-state index is -3.90. The smallest absolute Gasteiger partial charge is 0.261 e. The van der Waals surface area contributed by atoms with E-state index in [4.69, 9.17) is 0 Å². The Hall–Kier alpha value is -3.45. The van der Waals surface area contributed by atoms with Crippen molar-refractivity contribution in [2.24, 2.45) is 0 Å². The first-order valence-corrected chi connectivity index (χ1v) is 10.1. The molecule has 2 aliphatic rings. The van der Waals surface area contributed by atoms with E-state index in [0.29, 0.717) is 5.69 Å². The van der Waals surface area contributed by atoms with Crippen molar-refractivity contribution in [3.05, 3.63) is 82.9 Å². The maximum absolute atomic E-state index is 12.8. The van der Waals surface area contributed by atoms with E-state index in [9.17, 15) is 18.0 Å². The van der Waals surface area contributed by atoms with Crippen LogP contribution in [0.2, 0.25) is 0 Å². The van der Waals surface area contributed by atoms with E-state index < -0.39 is 21.8 Å². The molecular weight excluding hydrogens is 376 g/mol. The average Bonchev–Trinajstić information content (AvgIpc) is 3.18. The summed E-state index contributed by atoms with van der Waals surface area (Å²) in [5.74, 6) is -1.11. The molecule has 1 aliphatic heterocycles. The quantitative estimate of drug-likeness (QED) is 0.526. The zero-order valence-corrected chi connectivity index (χ0v) is 15.3. The maximum Gasteiger partial charge on any atom is 0.261 e. The van der Waals surface area contributed by atoms with Gasteiger partial charge in [-0.2, -0.15) is 0 Å². The summed E-state index contributed by atoms with van der Waals surface area (Å²) < 4.78 is 28.1. The highest BCUT2D eigenvalue weighted by molar-refractivity contribution is 7.92. The molecule has 0 saturated heterocycles. The minimum absolute atomic E-state index is 0.0669. The lowest BCUT2D eigenvalue weighted by Gasteiger charge is -2.10. The van der Waals surface area contributed by atoms with Gasteiger partial charge in [0.1, 0.15) is 0 Å². The molecule has 0 saturated carbocycles. The van der Waals surface area contributed by atoms with Crippen LogP contribution in [0.1, 0.15) is 31.8 Å². The second-order valence-electron chi connectivity index (χ2n) is 6.80. The van der Waals surface area contributed by atoms with Crippen LogP contribution in [0.3, 0.4) is 0 Å². The molecule has 0 radical (unpaired) electrons. The second-order valence-corrected chi connectivity index (χ2v) is 8.48. The number of fused-ring (bicyclic) bond motifs is 4. The summed E-state index contributed by atoms with van der Waals surface area (Å²) in [6.45, 7) is 0. The Kier molecular flexibility index (Phi) is 3.44. The van der Waals surface area contributed by atoms with Crippen molar-refractivity contribution < 1.29 is 18.0 Å². The van der Waals surface area contributed by atoms with Crippen molar-refractivity contribution in [1.29, 1.82) is 0 Å². The second kappa shape index (κ2) is 5.77. The molecule has 0 aromatic heterocycles. The highest BCUT2D eigenvalue weighted by Gasteiger charge is 2.29. The fraction of sp³-hybridized carbons (Fsp3) is 0.0476. The summed E-state index contributed by atoms with van der Waals surface area (Å²) in [7, 11) is -3.90. The monoisotopic (exact) mass is 390 g/mol. The van der Waals surface area contributed by atoms with E-state index in [0.717, 1.165) is 17.5 Å². The number of benzene rings is 3. The van der Waals surface area contributed by atoms with Crippen molar-refractivity contribution >= 4 is 27.5 Å². The highest BCUT2D eigenvalue weighted by atomic mass is 32.2. The Bertz CT molecular complexity index is 1300. The van der Waals surface area contributed by atoms with Gasteiger partial charge in [-0.1, -0.05) is 30.3 Å². The molecule has 3 aromatic carbocycles. The normalized spacial score (nSPS) is 14.3. The third-order valence-electron chi connectivity index (χ3n) is 5.06. The molecule has 28 heavy (non-hydrogen) atoms. The number of nitrogens with one attached hydrogen (secondary N) is 2. The summed E-state index contributed by atoms with van der Waals surface area (Å²) in [4.78, 5) is 23.4. The van der Waals surface area contributed by atoms with Crippen LogP contribution < -0.4 is 10.0 Å². The molecule has 2 amide bonds. The van der Waals surface area contributed by atoms with Crippen molar-refractivity contribution in [1.82, 2.24) is 5.32 Å². The SMILES string of the molecule is O=C1NC(=O)c2cc(S(=O)(=O)Nc3ccc4c(c3)Cc3ccccc3-4)ccc21. The predicted octanol–water partition coefficient (Wildman–Crippen LogP) is 2.94. The summed E-state index contributed by atoms with van der Waals surface area (Å²) in [5.41, 5.74) is 5.24. The number of sulfonamides is 1. The zero-order chi connectivity index (χ0) is 19.5. The van der Waals surface area contributed by atoms with Gasteiger partial charge in [0.15, 0.2) is 0 Å². The number of rotatable bonds is 3. The largest absolute Gasteiger partial charge is 0.288 e. The first-order chi connectivity index (χ1) is 13.4. The Labute approximate surface area is 161 Å². The number of carbonyl (C=O) groups is 2. The van der Waals surface area contributed by atoms with Crippen LogP contribution in [0.4, 0.5) is 5.69 Å². The first-order valence-electron chi connectivity index (χ1n) is 8.66. The molecule has 1 aliphatic carbocycles. The van der Waals surface area contributed by atoms with E-state index in [-0.39, 0.29) is 16.0 Å². The summed E-state index contributed by atoms with van der Waals surface area (Å²) >= 11 is 0. The Balaban J connectivity index is 1.47. The third-order valence-corrected chi connectivity index (χ3v) is 6.44. The van der Waals surface area contributed by atoms with Gasteiger partial charge in [-0.3, -0.25) is 19.6 Å². The number of hydrogen-bond acceptors (Lipinski definition) is 4. The molecule has 138 valence electrons. The molecule has 0 spiro atoms. The Morgan fingerprint density at radius 2 is 1.46 bits per heavy atom. The topological polar surface area (TPSA) is 92.3 Å². The van der Waals surface area contributed by atoms with Crippen LogP contribution >= 0.6 is 0 Å². The molecule has 0 bridgehead atoms. The lowest BCUT2D eigenvalue weighted by Crippen LogP contribution is -2.19. The molecule has 5 rings (SSSR count). The summed E-state index contributed by atoms with van der Waals surface area (Å²) in [5, 5.41) is 2.15. The van der Waals surface area contributed by atoms with Crippen LogP contribution in [-0.2, 0) is 16.4 Å². The average molecular weight is 390 g/mol. The fourth-order valence-electron chi connectivity index (χ4n) is 3.74. The van der Waals surface area contributed by atoms with Crippen LogP contribution in [-0.4, -0.2) is 20.2 Å². The van der Waals surface area contributed by atoms with Gasteiger partial charge < -0.3 is 0 Å². The van der Waals surface area contributed by atoms with Crippen molar-refractivity contribution in [3.63, 3.8) is 0 Å². The number of hydrogen-bond donors (Lipinski definition) is 2. The highest BCUT2D eigenvalue weighted by Crippen LogP contribution is 2.37. The van der Waals surface area contributed by atoms with Gasteiger partial charge in [-0.15, -0.1) is 0 Å². The maximum atomic E-state index is 12.8. The standard InChI is InChI=1S/C21H14N2O4S/c24-20-18-8-6-15(11-19(18)21(25)22-20)28(26,27)23-14-5-7-17-13(10-14)9-12-3-1-2-4-16(12)17/h1-8,10-11,23H,9H2,(H,22,24,25). The van der Waals surface area contributed by atoms with Gasteiger partial charge in [-0.05, 0) is 59.0 Å². The fourth-order valence-corrected chi connectivity index (χ4v) is 4.81. The first kappa shape index (κ1) is 16.7. The van der Waals surface area contributed by atoms with Crippen molar-refractivity contribution in [2.75, 3.05) is 4.72 Å². The summed E-state index contributed by atoms with van der Waals surface area (Å²) in [6.07, 6.45) is 0.752. The number of carbonyl (C=O) groups excluding carboxylic acids is 2. The molecule has 0 fully saturated rings. The molecule has 7 heteroatoms. The van der Waals surface area contributed by atoms with Gasteiger partial charge >= 0.3 is 0 Å². The van der Waals surface area contributed by atoms with E-state index in [1.807, 2.05) is 24.3 Å².